The van der Waals surface area contributed by atoms with Crippen LogP contribution in [0.3, 0.4) is 0 Å². The Kier molecular flexibility index (Phi) is 7.62. The third kappa shape index (κ3) is 6.34. The molecule has 0 fully saturated rings. The first-order valence-electron chi connectivity index (χ1n) is 12.6. The fourth-order valence-electron chi connectivity index (χ4n) is 4.86. The highest BCUT2D eigenvalue weighted by atomic mass is 32.2. The number of halogens is 6. The Morgan fingerprint density at radius 3 is 1.90 bits per heavy atom. The highest BCUT2D eigenvalue weighted by molar-refractivity contribution is 7.89. The van der Waals surface area contributed by atoms with Gasteiger partial charge in [-0.3, -0.25) is 4.79 Å². The lowest BCUT2D eigenvalue weighted by atomic mass is 9.98. The van der Waals surface area contributed by atoms with Crippen molar-refractivity contribution in [2.75, 3.05) is 5.32 Å². The SMILES string of the molecule is O=C(Nc1ccc2c(c1)CC(NS(=O)(=O)c1ccc(C(F)(F)F)cc1)C2)c1ccccc1-c1ccc(C(F)(F)F)cc1. The third-order valence-corrected chi connectivity index (χ3v) is 8.44. The van der Waals surface area contributed by atoms with Gasteiger partial charge in [0, 0.05) is 17.3 Å². The van der Waals surface area contributed by atoms with Crippen molar-refractivity contribution in [3.63, 3.8) is 0 Å². The zero-order valence-corrected chi connectivity index (χ0v) is 22.4. The summed E-state index contributed by atoms with van der Waals surface area (Å²) >= 11 is 0. The van der Waals surface area contributed by atoms with E-state index in [9.17, 15) is 39.6 Å². The Labute approximate surface area is 237 Å². The third-order valence-electron chi connectivity index (χ3n) is 6.91. The van der Waals surface area contributed by atoms with Gasteiger partial charge in [-0.25, -0.2) is 13.1 Å². The minimum Gasteiger partial charge on any atom is -0.322 e. The molecule has 0 spiro atoms. The summed E-state index contributed by atoms with van der Waals surface area (Å²) in [5.74, 6) is -0.483. The van der Waals surface area contributed by atoms with Gasteiger partial charge in [-0.05, 0) is 89.7 Å². The molecule has 0 heterocycles. The van der Waals surface area contributed by atoms with Crippen molar-refractivity contribution < 1.29 is 39.6 Å². The highest BCUT2D eigenvalue weighted by Crippen LogP contribution is 2.33. The number of hydrogen-bond donors (Lipinski definition) is 2. The van der Waals surface area contributed by atoms with E-state index in [0.717, 1.165) is 35.4 Å². The molecule has 1 amide bonds. The molecule has 5 nitrogen and oxygen atoms in total. The highest BCUT2D eigenvalue weighted by Gasteiger charge is 2.32. The van der Waals surface area contributed by atoms with Crippen LogP contribution < -0.4 is 10.0 Å². The lowest BCUT2D eigenvalue weighted by Gasteiger charge is -2.13. The molecule has 1 unspecified atom stereocenters. The van der Waals surface area contributed by atoms with Gasteiger partial charge >= 0.3 is 12.4 Å². The predicted molar refractivity (Wildman–Crippen MR) is 144 cm³/mol. The van der Waals surface area contributed by atoms with Crippen LogP contribution in [-0.4, -0.2) is 20.4 Å². The molecule has 218 valence electrons. The normalized spacial score (nSPS) is 15.3. The summed E-state index contributed by atoms with van der Waals surface area (Å²) < 4.78 is 105. The molecule has 1 atom stereocenters. The molecule has 0 radical (unpaired) electrons. The number of nitrogens with one attached hydrogen (secondary N) is 2. The maximum atomic E-state index is 13.2. The van der Waals surface area contributed by atoms with Crippen molar-refractivity contribution in [3.8, 4) is 11.1 Å². The smallest absolute Gasteiger partial charge is 0.322 e. The molecule has 0 saturated carbocycles. The summed E-state index contributed by atoms with van der Waals surface area (Å²) in [5, 5.41) is 2.79. The molecule has 2 N–H and O–H groups in total. The number of alkyl halides is 6. The second-order valence-electron chi connectivity index (χ2n) is 9.81. The van der Waals surface area contributed by atoms with Crippen LogP contribution in [0.2, 0.25) is 0 Å². The van der Waals surface area contributed by atoms with Gasteiger partial charge in [0.15, 0.2) is 0 Å². The van der Waals surface area contributed by atoms with Crippen molar-refractivity contribution in [1.29, 1.82) is 0 Å². The van der Waals surface area contributed by atoms with Gasteiger partial charge in [-0.15, -0.1) is 0 Å². The van der Waals surface area contributed by atoms with Crippen LogP contribution >= 0.6 is 0 Å². The summed E-state index contributed by atoms with van der Waals surface area (Å²) in [6.07, 6.45) is -8.43. The minimum atomic E-state index is -4.58. The van der Waals surface area contributed by atoms with Crippen molar-refractivity contribution >= 4 is 21.6 Å². The maximum Gasteiger partial charge on any atom is 0.416 e. The lowest BCUT2D eigenvalue weighted by molar-refractivity contribution is -0.138. The van der Waals surface area contributed by atoms with E-state index in [0.29, 0.717) is 41.8 Å². The summed E-state index contributed by atoms with van der Waals surface area (Å²) in [7, 11) is -4.08. The van der Waals surface area contributed by atoms with Crippen LogP contribution in [0.25, 0.3) is 11.1 Å². The summed E-state index contributed by atoms with van der Waals surface area (Å²) in [5.41, 5.74) is 1.44. The van der Waals surface area contributed by atoms with E-state index in [4.69, 9.17) is 0 Å². The zero-order valence-electron chi connectivity index (χ0n) is 21.6. The first-order chi connectivity index (χ1) is 19.7. The largest absolute Gasteiger partial charge is 0.416 e. The number of hydrogen-bond acceptors (Lipinski definition) is 3. The molecule has 1 aliphatic rings. The Morgan fingerprint density at radius 2 is 1.29 bits per heavy atom. The van der Waals surface area contributed by atoms with E-state index in [-0.39, 0.29) is 10.5 Å². The second-order valence-corrected chi connectivity index (χ2v) is 11.5. The van der Waals surface area contributed by atoms with Crippen molar-refractivity contribution in [2.45, 2.75) is 36.1 Å². The van der Waals surface area contributed by atoms with Crippen LogP contribution in [0.15, 0.2) is 95.9 Å². The number of rotatable bonds is 6. The molecule has 0 aromatic heterocycles. The maximum absolute atomic E-state index is 13.2. The van der Waals surface area contributed by atoms with Gasteiger partial charge in [0.1, 0.15) is 0 Å². The summed E-state index contributed by atoms with van der Waals surface area (Å²) in [6.45, 7) is 0. The van der Waals surface area contributed by atoms with Gasteiger partial charge in [0.2, 0.25) is 10.0 Å². The topological polar surface area (TPSA) is 75.3 Å². The standard InChI is InChI=1S/C30H22F6N2O3S/c31-29(32,33)21-8-5-18(6-9-21)26-3-1-2-4-27(26)28(39)37-23-12-7-19-15-24(17-20(19)16-23)38-42(40,41)25-13-10-22(11-14-25)30(34,35)36/h1-14,16,24,38H,15,17H2,(H,37,39). The average molecular weight is 605 g/mol. The van der Waals surface area contributed by atoms with E-state index < -0.39 is 45.5 Å². The van der Waals surface area contributed by atoms with E-state index in [2.05, 4.69) is 10.0 Å². The van der Waals surface area contributed by atoms with Crippen LogP contribution in [-0.2, 0) is 35.2 Å². The van der Waals surface area contributed by atoms with Gasteiger partial charge in [-0.1, -0.05) is 36.4 Å². The van der Waals surface area contributed by atoms with Crippen molar-refractivity contribution in [3.05, 3.63) is 119 Å². The first kappa shape index (κ1) is 29.3. The van der Waals surface area contributed by atoms with Gasteiger partial charge in [0.05, 0.1) is 16.0 Å². The second kappa shape index (κ2) is 10.9. The van der Waals surface area contributed by atoms with Crippen molar-refractivity contribution in [2.24, 2.45) is 0 Å². The number of carbonyl (C=O) groups excluding carboxylic acids is 1. The first-order valence-corrected chi connectivity index (χ1v) is 14.1. The number of sulfonamides is 1. The van der Waals surface area contributed by atoms with E-state index in [1.165, 1.54) is 12.1 Å². The van der Waals surface area contributed by atoms with Gasteiger partial charge in [0.25, 0.3) is 5.91 Å². The minimum absolute atomic E-state index is 0.250. The summed E-state index contributed by atoms with van der Waals surface area (Å²) in [4.78, 5) is 12.9. The van der Waals surface area contributed by atoms with E-state index in [1.54, 1.807) is 42.5 Å². The average Bonchev–Trinajstić information content (AvgIpc) is 3.33. The molecular weight excluding hydrogens is 582 g/mol. The molecule has 12 heteroatoms. The Bertz CT molecular complexity index is 1730. The molecule has 0 aliphatic heterocycles. The molecule has 4 aromatic rings. The Balaban J connectivity index is 1.28. The fraction of sp³-hybridized carbons (Fsp3) is 0.167. The van der Waals surface area contributed by atoms with Gasteiger partial charge in [-0.2, -0.15) is 26.3 Å². The van der Waals surface area contributed by atoms with Crippen LogP contribution in [0, 0.1) is 0 Å². The molecule has 5 rings (SSSR count). The molecular formula is C30H22F6N2O3S. The Morgan fingerprint density at radius 1 is 0.714 bits per heavy atom. The fourth-order valence-corrected chi connectivity index (χ4v) is 6.10. The van der Waals surface area contributed by atoms with Crippen LogP contribution in [0.1, 0.15) is 32.6 Å². The Hall–Kier alpha value is -4.16. The zero-order chi connectivity index (χ0) is 30.3. The monoisotopic (exact) mass is 604 g/mol. The molecule has 42 heavy (non-hydrogen) atoms. The number of fused-ring (bicyclic) bond motifs is 1. The van der Waals surface area contributed by atoms with Crippen molar-refractivity contribution in [1.82, 2.24) is 4.72 Å². The quantitative estimate of drug-likeness (QED) is 0.231. The number of benzene rings is 4. The van der Waals surface area contributed by atoms with E-state index >= 15 is 0 Å². The van der Waals surface area contributed by atoms with Crippen LogP contribution in [0.5, 0.6) is 0 Å². The van der Waals surface area contributed by atoms with Crippen LogP contribution in [0.4, 0.5) is 32.0 Å². The number of amides is 1. The number of anilines is 1. The number of carbonyl (C=O) groups is 1. The summed E-state index contributed by atoms with van der Waals surface area (Å²) in [6, 6.07) is 18.8. The van der Waals surface area contributed by atoms with E-state index in [1.807, 2.05) is 0 Å². The molecule has 0 saturated heterocycles. The molecule has 0 bridgehead atoms. The predicted octanol–water partition coefficient (Wildman–Crippen LogP) is 7.09. The molecule has 4 aromatic carbocycles. The molecule has 1 aliphatic carbocycles. The lowest BCUT2D eigenvalue weighted by Crippen LogP contribution is -2.35. The van der Waals surface area contributed by atoms with Gasteiger partial charge < -0.3 is 5.32 Å².